The average Bonchev–Trinajstić information content (AvgIpc) is 3.45. The van der Waals surface area contributed by atoms with E-state index in [4.69, 9.17) is 9.47 Å². The highest BCUT2D eigenvalue weighted by Gasteiger charge is 2.28. The monoisotopic (exact) mass is 454 g/mol. The van der Waals surface area contributed by atoms with Gasteiger partial charge in [0.2, 0.25) is 0 Å². The van der Waals surface area contributed by atoms with Crippen LogP contribution in [0.5, 0.6) is 11.5 Å². The maximum atomic E-state index is 12.9. The first-order valence-electron chi connectivity index (χ1n) is 10.8. The van der Waals surface area contributed by atoms with Crippen LogP contribution in [0, 0.1) is 0 Å². The first kappa shape index (κ1) is 22.2. The summed E-state index contributed by atoms with van der Waals surface area (Å²) in [5.74, 6) is 1.24. The quantitative estimate of drug-likeness (QED) is 0.537. The largest absolute Gasteiger partial charge is 0.497 e. The summed E-state index contributed by atoms with van der Waals surface area (Å²) in [6, 6.07) is 8.95. The van der Waals surface area contributed by atoms with E-state index in [1.807, 2.05) is 30.4 Å². The highest BCUT2D eigenvalue weighted by molar-refractivity contribution is 7.15. The summed E-state index contributed by atoms with van der Waals surface area (Å²) in [4.78, 5) is 16.7. The number of urea groups is 1. The third kappa shape index (κ3) is 4.61. The molecular formula is C24H30N4O3S. The first-order valence-corrected chi connectivity index (χ1v) is 11.6. The van der Waals surface area contributed by atoms with Crippen LogP contribution in [0.15, 0.2) is 42.7 Å². The molecule has 0 saturated heterocycles. The van der Waals surface area contributed by atoms with Gasteiger partial charge in [-0.1, -0.05) is 6.92 Å². The molecule has 8 heteroatoms. The van der Waals surface area contributed by atoms with Crippen molar-refractivity contribution < 1.29 is 14.3 Å². The maximum absolute atomic E-state index is 12.9. The molecule has 3 aromatic rings. The number of carbonyl (C=O) groups excluding carboxylic acids is 1. The Labute approximate surface area is 192 Å². The van der Waals surface area contributed by atoms with Crippen LogP contribution in [-0.2, 0) is 13.0 Å². The Balaban J connectivity index is 1.57. The standard InChI is InChI=1S/C24H30N4O3S/c1-5-27-11-8-20-21(15-27)32-23(28-9-6-7-10-28)22(20)16(2)25-24(29)26-17-12-18(30-3)14-19(13-17)31-4/h6-7,9-10,12-14,16H,5,8,11,15H2,1-4H3,(H2,25,26,29)/t16-/m0/s1. The van der Waals surface area contributed by atoms with E-state index >= 15 is 0 Å². The Morgan fingerprint density at radius 1 is 1.16 bits per heavy atom. The minimum absolute atomic E-state index is 0.145. The number of hydrogen-bond acceptors (Lipinski definition) is 5. The number of nitrogens with one attached hydrogen (secondary N) is 2. The van der Waals surface area contributed by atoms with E-state index in [9.17, 15) is 4.79 Å². The lowest BCUT2D eigenvalue weighted by molar-refractivity contribution is 0.249. The fourth-order valence-corrected chi connectivity index (χ4v) is 5.61. The number of anilines is 1. The molecule has 2 amide bonds. The number of carbonyl (C=O) groups is 1. The van der Waals surface area contributed by atoms with Crippen molar-refractivity contribution in [1.82, 2.24) is 14.8 Å². The van der Waals surface area contributed by atoms with Gasteiger partial charge in [0, 0.05) is 59.8 Å². The zero-order chi connectivity index (χ0) is 22.7. The summed E-state index contributed by atoms with van der Waals surface area (Å²) in [6.07, 6.45) is 5.12. The highest BCUT2D eigenvalue weighted by Crippen LogP contribution is 2.39. The van der Waals surface area contributed by atoms with Crippen LogP contribution in [0.1, 0.15) is 35.9 Å². The Morgan fingerprint density at radius 3 is 2.47 bits per heavy atom. The number of methoxy groups -OCH3 is 2. The molecule has 1 aliphatic heterocycles. The molecule has 3 heterocycles. The molecule has 1 aliphatic rings. The Morgan fingerprint density at radius 2 is 1.84 bits per heavy atom. The molecule has 0 unspecified atom stereocenters. The molecule has 7 nitrogen and oxygen atoms in total. The van der Waals surface area contributed by atoms with Gasteiger partial charge in [-0.25, -0.2) is 4.79 Å². The van der Waals surface area contributed by atoms with Crippen LogP contribution >= 0.6 is 11.3 Å². The van der Waals surface area contributed by atoms with Crippen molar-refractivity contribution in [2.24, 2.45) is 0 Å². The summed E-state index contributed by atoms with van der Waals surface area (Å²) >= 11 is 1.82. The van der Waals surface area contributed by atoms with Gasteiger partial charge in [0.1, 0.15) is 16.5 Å². The van der Waals surface area contributed by atoms with Gasteiger partial charge >= 0.3 is 6.03 Å². The van der Waals surface area contributed by atoms with Gasteiger partial charge in [-0.2, -0.15) is 0 Å². The van der Waals surface area contributed by atoms with Crippen LogP contribution < -0.4 is 20.1 Å². The molecule has 0 fully saturated rings. The van der Waals surface area contributed by atoms with Gasteiger partial charge in [0.15, 0.2) is 0 Å². The van der Waals surface area contributed by atoms with Crippen LogP contribution in [0.4, 0.5) is 10.5 Å². The van der Waals surface area contributed by atoms with Crippen molar-refractivity contribution in [3.8, 4) is 16.5 Å². The lowest BCUT2D eigenvalue weighted by atomic mass is 9.98. The fourth-order valence-electron chi connectivity index (χ4n) is 4.16. The predicted molar refractivity (Wildman–Crippen MR) is 128 cm³/mol. The summed E-state index contributed by atoms with van der Waals surface area (Å²) in [7, 11) is 3.17. The second-order valence-electron chi connectivity index (χ2n) is 7.85. The number of thiophene rings is 1. The molecule has 2 aromatic heterocycles. The van der Waals surface area contributed by atoms with E-state index in [1.165, 1.54) is 21.0 Å². The number of amides is 2. The van der Waals surface area contributed by atoms with E-state index in [0.29, 0.717) is 17.2 Å². The number of likely N-dealkylation sites (N-methyl/N-ethyl adjacent to an activating group) is 1. The van der Waals surface area contributed by atoms with Crippen molar-refractivity contribution in [3.63, 3.8) is 0 Å². The molecule has 32 heavy (non-hydrogen) atoms. The van der Waals surface area contributed by atoms with Crippen molar-refractivity contribution in [2.75, 3.05) is 32.6 Å². The smallest absolute Gasteiger partial charge is 0.319 e. The molecule has 0 aliphatic carbocycles. The molecule has 0 bridgehead atoms. The molecule has 2 N–H and O–H groups in total. The van der Waals surface area contributed by atoms with Gasteiger partial charge in [0.05, 0.1) is 20.3 Å². The third-order valence-corrected chi connectivity index (χ3v) is 7.08. The lowest BCUT2D eigenvalue weighted by Gasteiger charge is -2.26. The second-order valence-corrected chi connectivity index (χ2v) is 8.94. The zero-order valence-corrected chi connectivity index (χ0v) is 19.8. The molecule has 0 radical (unpaired) electrons. The highest BCUT2D eigenvalue weighted by atomic mass is 32.1. The van der Waals surface area contributed by atoms with E-state index in [1.54, 1.807) is 32.4 Å². The average molecular weight is 455 g/mol. The number of fused-ring (bicyclic) bond motifs is 1. The predicted octanol–water partition coefficient (Wildman–Crippen LogP) is 4.82. The van der Waals surface area contributed by atoms with Gasteiger partial charge in [-0.15, -0.1) is 11.3 Å². The molecule has 4 rings (SSSR count). The molecular weight excluding hydrogens is 424 g/mol. The topological polar surface area (TPSA) is 67.8 Å². The Bertz CT molecular complexity index is 1060. The van der Waals surface area contributed by atoms with Crippen molar-refractivity contribution in [3.05, 3.63) is 58.7 Å². The molecule has 1 atom stereocenters. The normalized spacial score (nSPS) is 14.5. The van der Waals surface area contributed by atoms with Crippen molar-refractivity contribution >= 4 is 23.1 Å². The third-order valence-electron chi connectivity index (χ3n) is 5.83. The number of hydrogen-bond donors (Lipinski definition) is 2. The van der Waals surface area contributed by atoms with Crippen LogP contribution in [0.3, 0.4) is 0 Å². The molecule has 170 valence electrons. The molecule has 0 spiro atoms. The summed E-state index contributed by atoms with van der Waals surface area (Å²) in [6.45, 7) is 7.31. The van der Waals surface area contributed by atoms with E-state index in [-0.39, 0.29) is 12.1 Å². The maximum Gasteiger partial charge on any atom is 0.319 e. The molecule has 1 aromatic carbocycles. The minimum atomic E-state index is -0.266. The van der Waals surface area contributed by atoms with E-state index < -0.39 is 0 Å². The van der Waals surface area contributed by atoms with Crippen LogP contribution in [0.2, 0.25) is 0 Å². The van der Waals surface area contributed by atoms with Gasteiger partial charge < -0.3 is 24.7 Å². The van der Waals surface area contributed by atoms with Crippen molar-refractivity contribution in [2.45, 2.75) is 32.9 Å². The number of benzene rings is 1. The summed E-state index contributed by atoms with van der Waals surface area (Å²) in [5.41, 5.74) is 3.19. The summed E-state index contributed by atoms with van der Waals surface area (Å²) < 4.78 is 12.7. The number of nitrogens with zero attached hydrogens (tertiary/aromatic N) is 2. The Hall–Kier alpha value is -2.97. The Kier molecular flexibility index (Phi) is 6.72. The number of aromatic nitrogens is 1. The minimum Gasteiger partial charge on any atom is -0.497 e. The van der Waals surface area contributed by atoms with E-state index in [0.717, 1.165) is 26.1 Å². The zero-order valence-electron chi connectivity index (χ0n) is 19.0. The van der Waals surface area contributed by atoms with Crippen LogP contribution in [0.25, 0.3) is 5.00 Å². The van der Waals surface area contributed by atoms with Gasteiger partial charge in [-0.05, 0) is 37.6 Å². The van der Waals surface area contributed by atoms with Gasteiger partial charge in [-0.3, -0.25) is 4.90 Å². The van der Waals surface area contributed by atoms with E-state index in [2.05, 4.69) is 39.4 Å². The first-order chi connectivity index (χ1) is 15.5. The van der Waals surface area contributed by atoms with Crippen molar-refractivity contribution in [1.29, 1.82) is 0 Å². The summed E-state index contributed by atoms with van der Waals surface area (Å²) in [5, 5.41) is 7.22. The fraction of sp³-hybridized carbons (Fsp3) is 0.375. The SMILES string of the molecule is CCN1CCc2c(sc(-n3cccc3)c2[C@H](C)NC(=O)Nc2cc(OC)cc(OC)c2)C1. The number of ether oxygens (including phenoxy) is 2. The lowest BCUT2D eigenvalue weighted by Crippen LogP contribution is -2.33. The second kappa shape index (κ2) is 9.67. The molecule has 0 saturated carbocycles. The number of rotatable bonds is 7. The van der Waals surface area contributed by atoms with Gasteiger partial charge in [0.25, 0.3) is 0 Å². The van der Waals surface area contributed by atoms with Crippen LogP contribution in [-0.4, -0.2) is 42.8 Å².